The van der Waals surface area contributed by atoms with Gasteiger partial charge in [-0.1, -0.05) is 18.2 Å². The Labute approximate surface area is 208 Å². The zero-order chi connectivity index (χ0) is 25.5. The van der Waals surface area contributed by atoms with Gasteiger partial charge in [0, 0.05) is 36.7 Å². The molecule has 0 radical (unpaired) electrons. The van der Waals surface area contributed by atoms with Crippen molar-refractivity contribution in [2.75, 3.05) is 23.3 Å². The molecule has 1 unspecified atom stereocenters. The topological polar surface area (TPSA) is 154 Å². The van der Waals surface area contributed by atoms with Gasteiger partial charge in [-0.2, -0.15) is 4.72 Å². The molecule has 11 nitrogen and oxygen atoms in total. The number of carbonyl (C=O) groups is 2. The predicted octanol–water partition coefficient (Wildman–Crippen LogP) is 1.68. The van der Waals surface area contributed by atoms with E-state index in [1.165, 1.54) is 24.3 Å². The Morgan fingerprint density at radius 2 is 1.72 bits per heavy atom. The first-order valence-electron chi connectivity index (χ1n) is 11.3. The molecule has 0 spiro atoms. The predicted molar refractivity (Wildman–Crippen MR) is 133 cm³/mol. The molecule has 1 fully saturated rings. The number of benzene rings is 2. The number of nitrogens with zero attached hydrogens (tertiary/aromatic N) is 3. The molecule has 1 aliphatic rings. The highest BCUT2D eigenvalue weighted by Crippen LogP contribution is 2.26. The van der Waals surface area contributed by atoms with Crippen molar-refractivity contribution in [3.8, 4) is 0 Å². The number of rotatable bonds is 10. The molecule has 0 aliphatic carbocycles. The van der Waals surface area contributed by atoms with Crippen molar-refractivity contribution < 1.29 is 23.1 Å². The van der Waals surface area contributed by atoms with E-state index in [1.807, 2.05) is 12.1 Å². The van der Waals surface area contributed by atoms with Crippen LogP contribution in [-0.2, 0) is 14.8 Å². The minimum atomic E-state index is -4.06. The third-order valence-electron chi connectivity index (χ3n) is 5.69. The second-order valence-electron chi connectivity index (χ2n) is 8.15. The van der Waals surface area contributed by atoms with Gasteiger partial charge in [0.15, 0.2) is 0 Å². The van der Waals surface area contributed by atoms with Crippen LogP contribution in [-0.4, -0.2) is 60.7 Å². The molecule has 0 bridgehead atoms. The molecular formula is C24H26N6O5S. The third kappa shape index (κ3) is 6.15. The van der Waals surface area contributed by atoms with Crippen LogP contribution in [0, 0.1) is 0 Å². The number of carboxylic acid groups (broad SMARTS) is 1. The Morgan fingerprint density at radius 1 is 1.03 bits per heavy atom. The zero-order valence-electron chi connectivity index (χ0n) is 19.2. The molecular weight excluding hydrogens is 484 g/mol. The highest BCUT2D eigenvalue weighted by Gasteiger charge is 2.27. The molecule has 1 aliphatic heterocycles. The van der Waals surface area contributed by atoms with Gasteiger partial charge in [-0.15, -0.1) is 0 Å². The molecule has 2 atom stereocenters. The van der Waals surface area contributed by atoms with Crippen LogP contribution >= 0.6 is 0 Å². The van der Waals surface area contributed by atoms with E-state index in [1.54, 1.807) is 36.7 Å². The molecule has 12 heteroatoms. The minimum Gasteiger partial charge on any atom is -0.480 e. The summed E-state index contributed by atoms with van der Waals surface area (Å²) >= 11 is 0. The van der Waals surface area contributed by atoms with Crippen LogP contribution in [0.25, 0.3) is 0 Å². The smallest absolute Gasteiger partial charge is 0.323 e. The summed E-state index contributed by atoms with van der Waals surface area (Å²) in [6.07, 6.45) is 5.26. The maximum Gasteiger partial charge on any atom is 0.323 e. The highest BCUT2D eigenvalue weighted by molar-refractivity contribution is 7.89. The molecule has 4 rings (SSSR count). The lowest BCUT2D eigenvalue weighted by Crippen LogP contribution is -2.48. The summed E-state index contributed by atoms with van der Waals surface area (Å²) in [7, 11) is -4.06. The first-order chi connectivity index (χ1) is 17.3. The van der Waals surface area contributed by atoms with Gasteiger partial charge in [0.2, 0.25) is 16.0 Å². The second kappa shape index (κ2) is 11.1. The van der Waals surface area contributed by atoms with E-state index in [4.69, 9.17) is 0 Å². The quantitative estimate of drug-likeness (QED) is 0.319. The number of carbonyl (C=O) groups excluding carboxylic acids is 1. The fourth-order valence-electron chi connectivity index (χ4n) is 3.88. The molecule has 1 aromatic heterocycles. The van der Waals surface area contributed by atoms with Crippen LogP contribution < -0.4 is 20.3 Å². The van der Waals surface area contributed by atoms with Gasteiger partial charge in [-0.25, -0.2) is 18.4 Å². The lowest BCUT2D eigenvalue weighted by molar-refractivity contribution is -0.138. The number of nitrogens with one attached hydrogen (secondary N) is 3. The summed E-state index contributed by atoms with van der Waals surface area (Å²) in [5, 5.41) is 15.3. The Hall–Kier alpha value is -4.03. The number of hydrogen-bond acceptors (Lipinski definition) is 8. The Morgan fingerprint density at radius 3 is 2.39 bits per heavy atom. The van der Waals surface area contributed by atoms with Gasteiger partial charge in [0.05, 0.1) is 4.90 Å². The van der Waals surface area contributed by atoms with E-state index in [0.717, 1.165) is 25.1 Å². The van der Waals surface area contributed by atoms with Gasteiger partial charge in [-0.3, -0.25) is 9.59 Å². The summed E-state index contributed by atoms with van der Waals surface area (Å²) in [5.41, 5.74) is 1.24. The third-order valence-corrected chi connectivity index (χ3v) is 7.18. The van der Waals surface area contributed by atoms with Gasteiger partial charge >= 0.3 is 5.97 Å². The molecule has 1 amide bonds. The zero-order valence-corrected chi connectivity index (χ0v) is 20.1. The van der Waals surface area contributed by atoms with Crippen LogP contribution in [0.15, 0.2) is 78.0 Å². The van der Waals surface area contributed by atoms with Gasteiger partial charge < -0.3 is 20.6 Å². The number of carboxylic acids is 1. The molecule has 4 N–H and O–H groups in total. The van der Waals surface area contributed by atoms with Crippen molar-refractivity contribution in [3.05, 3.63) is 78.6 Å². The van der Waals surface area contributed by atoms with E-state index in [2.05, 4.69) is 30.2 Å². The Bertz CT molecular complexity index is 1290. The number of hydrogen-bond donors (Lipinski definition) is 4. The molecule has 1 saturated heterocycles. The van der Waals surface area contributed by atoms with Crippen LogP contribution in [0.1, 0.15) is 23.2 Å². The first-order valence-corrected chi connectivity index (χ1v) is 12.8. The lowest BCUT2D eigenvalue weighted by Gasteiger charge is -2.27. The van der Waals surface area contributed by atoms with Crippen LogP contribution in [0.2, 0.25) is 0 Å². The standard InChI is InChI=1S/C24H26N6O5S/c31-22(27-16-20(23(32)33)29-36(34,35)19-6-2-1-3-7-19)17-9-11-18(12-10-17)30-15-4-8-21(30)28-24-25-13-5-14-26-24/h1-3,5-7,9-14,20-21,29H,4,8,15-16H2,(H,27,31)(H,32,33)(H,25,26,28)/t20-,21?/m0/s1. The van der Waals surface area contributed by atoms with Crippen molar-refractivity contribution in [2.45, 2.75) is 29.9 Å². The summed E-state index contributed by atoms with van der Waals surface area (Å²) in [5.74, 6) is -1.37. The maximum atomic E-state index is 12.6. The van der Waals surface area contributed by atoms with Crippen LogP contribution in [0.4, 0.5) is 11.6 Å². The van der Waals surface area contributed by atoms with Crippen LogP contribution in [0.5, 0.6) is 0 Å². The normalized spacial score (nSPS) is 16.3. The van der Waals surface area contributed by atoms with E-state index in [0.29, 0.717) is 11.5 Å². The molecule has 36 heavy (non-hydrogen) atoms. The van der Waals surface area contributed by atoms with E-state index >= 15 is 0 Å². The Kier molecular flexibility index (Phi) is 7.76. The molecule has 2 heterocycles. The van der Waals surface area contributed by atoms with Crippen molar-refractivity contribution in [1.29, 1.82) is 0 Å². The van der Waals surface area contributed by atoms with Gasteiger partial charge in [-0.05, 0) is 55.3 Å². The summed E-state index contributed by atoms with van der Waals surface area (Å²) < 4.78 is 27.0. The fourth-order valence-corrected chi connectivity index (χ4v) is 5.09. The maximum absolute atomic E-state index is 12.6. The summed E-state index contributed by atoms with van der Waals surface area (Å²) in [6.45, 7) is 0.412. The number of amides is 1. The van der Waals surface area contributed by atoms with Crippen molar-refractivity contribution in [2.24, 2.45) is 0 Å². The van der Waals surface area contributed by atoms with Crippen molar-refractivity contribution in [1.82, 2.24) is 20.0 Å². The van der Waals surface area contributed by atoms with Crippen molar-refractivity contribution in [3.63, 3.8) is 0 Å². The average molecular weight is 511 g/mol. The average Bonchev–Trinajstić information content (AvgIpc) is 3.35. The van der Waals surface area contributed by atoms with Gasteiger partial charge in [0.1, 0.15) is 12.2 Å². The van der Waals surface area contributed by atoms with E-state index in [-0.39, 0.29) is 11.1 Å². The second-order valence-corrected chi connectivity index (χ2v) is 9.86. The number of anilines is 2. The molecule has 3 aromatic rings. The first kappa shape index (κ1) is 25.1. The molecule has 188 valence electrons. The van der Waals surface area contributed by atoms with E-state index in [9.17, 15) is 23.1 Å². The Balaban J connectivity index is 1.36. The number of aromatic nitrogens is 2. The lowest BCUT2D eigenvalue weighted by atomic mass is 10.1. The minimum absolute atomic E-state index is 0.0149. The monoisotopic (exact) mass is 510 g/mol. The molecule has 2 aromatic carbocycles. The van der Waals surface area contributed by atoms with Crippen molar-refractivity contribution >= 4 is 33.5 Å². The van der Waals surface area contributed by atoms with Gasteiger partial charge in [0.25, 0.3) is 5.91 Å². The van der Waals surface area contributed by atoms with E-state index < -0.39 is 34.5 Å². The number of sulfonamides is 1. The summed E-state index contributed by atoms with van der Waals surface area (Å²) in [4.78, 5) is 34.7. The SMILES string of the molecule is O=C(NC[C@H](NS(=O)(=O)c1ccccc1)C(=O)O)c1ccc(N2CCCC2Nc2ncccn2)cc1. The largest absolute Gasteiger partial charge is 0.480 e. The number of aliphatic carboxylic acids is 1. The van der Waals surface area contributed by atoms with Crippen LogP contribution in [0.3, 0.4) is 0 Å². The molecule has 0 saturated carbocycles. The fraction of sp³-hybridized carbons (Fsp3) is 0.250. The highest BCUT2D eigenvalue weighted by atomic mass is 32.2. The summed E-state index contributed by atoms with van der Waals surface area (Å²) in [6, 6.07) is 14.6.